The summed E-state index contributed by atoms with van der Waals surface area (Å²) in [6.07, 6.45) is -0.539. The van der Waals surface area contributed by atoms with Crippen LogP contribution in [0.3, 0.4) is 0 Å². The van der Waals surface area contributed by atoms with E-state index in [-0.39, 0.29) is 22.4 Å². The molecule has 0 saturated carbocycles. The molecule has 2 aromatic rings. The third-order valence-corrected chi connectivity index (χ3v) is 8.79. The van der Waals surface area contributed by atoms with E-state index < -0.39 is 9.04 Å². The molecular formula is C22H29IO4Si. The fourth-order valence-corrected chi connectivity index (χ4v) is 6.99. The van der Waals surface area contributed by atoms with Crippen LogP contribution in [0, 0.1) is 5.92 Å². The summed E-state index contributed by atoms with van der Waals surface area (Å²) in [5.74, 6) is 0.507. The highest BCUT2D eigenvalue weighted by atomic mass is 127. The molecular weight excluding hydrogens is 483 g/mol. The molecule has 1 saturated heterocycles. The Hall–Kier alpha value is -0.773. The lowest BCUT2D eigenvalue weighted by atomic mass is 10.2. The van der Waals surface area contributed by atoms with E-state index in [1.165, 1.54) is 10.4 Å². The van der Waals surface area contributed by atoms with Crippen molar-refractivity contribution in [1.82, 2.24) is 0 Å². The van der Waals surface area contributed by atoms with Gasteiger partial charge in [0.05, 0.1) is 16.6 Å². The normalized spacial score (nSPS) is 24.9. The van der Waals surface area contributed by atoms with E-state index in [1.54, 1.807) is 7.11 Å². The standard InChI is InChI=1S/C22H29IO4Si/c1-16(2)14-25-15-19-20(23)21(22(24-3)26-19)27-28(17-10-6-4-7-11-17)18-12-8-5-9-13-18/h4-13,16,19-22,28H,14-15H2,1-3H3/t19-,20-,21-,22?/m1/s1. The number of methoxy groups -OCH3 is 1. The summed E-state index contributed by atoms with van der Waals surface area (Å²) in [6, 6.07) is 21.0. The van der Waals surface area contributed by atoms with Crippen molar-refractivity contribution in [2.45, 2.75) is 36.3 Å². The molecule has 1 fully saturated rings. The number of halogens is 1. The maximum Gasteiger partial charge on any atom is 0.240 e. The van der Waals surface area contributed by atoms with Crippen LogP contribution in [0.4, 0.5) is 0 Å². The molecule has 4 atom stereocenters. The Morgan fingerprint density at radius 1 is 1.00 bits per heavy atom. The third-order valence-electron chi connectivity index (χ3n) is 4.71. The summed E-state index contributed by atoms with van der Waals surface area (Å²) < 4.78 is 24.6. The van der Waals surface area contributed by atoms with Crippen molar-refractivity contribution in [3.63, 3.8) is 0 Å². The molecule has 0 N–H and O–H groups in total. The molecule has 3 rings (SSSR count). The van der Waals surface area contributed by atoms with Gasteiger partial charge in [0.25, 0.3) is 0 Å². The zero-order chi connectivity index (χ0) is 19.9. The maximum atomic E-state index is 6.78. The number of alkyl halides is 1. The van der Waals surface area contributed by atoms with Gasteiger partial charge in [-0.1, -0.05) is 97.1 Å². The Kier molecular flexibility index (Phi) is 8.49. The molecule has 0 amide bonds. The van der Waals surface area contributed by atoms with Crippen LogP contribution >= 0.6 is 22.6 Å². The predicted molar refractivity (Wildman–Crippen MR) is 123 cm³/mol. The summed E-state index contributed by atoms with van der Waals surface area (Å²) >= 11 is 2.44. The molecule has 1 heterocycles. The van der Waals surface area contributed by atoms with E-state index in [4.69, 9.17) is 18.6 Å². The molecule has 1 aliphatic rings. The van der Waals surface area contributed by atoms with Gasteiger partial charge in [0.1, 0.15) is 6.10 Å². The first-order valence-corrected chi connectivity index (χ1v) is 12.6. The van der Waals surface area contributed by atoms with Crippen molar-refractivity contribution in [2.75, 3.05) is 20.3 Å². The molecule has 0 spiro atoms. The monoisotopic (exact) mass is 512 g/mol. The smallest absolute Gasteiger partial charge is 0.240 e. The van der Waals surface area contributed by atoms with E-state index in [0.29, 0.717) is 12.5 Å². The second-order valence-electron chi connectivity index (χ2n) is 7.46. The molecule has 152 valence electrons. The van der Waals surface area contributed by atoms with E-state index in [2.05, 4.69) is 85.0 Å². The fourth-order valence-electron chi connectivity index (χ4n) is 3.33. The van der Waals surface area contributed by atoms with E-state index in [9.17, 15) is 0 Å². The quantitative estimate of drug-likeness (QED) is 0.294. The van der Waals surface area contributed by atoms with Gasteiger partial charge in [0.2, 0.25) is 9.04 Å². The molecule has 0 radical (unpaired) electrons. The zero-order valence-electron chi connectivity index (χ0n) is 16.7. The minimum absolute atomic E-state index is 0.0319. The number of hydrogen-bond acceptors (Lipinski definition) is 4. The van der Waals surface area contributed by atoms with Gasteiger partial charge < -0.3 is 18.6 Å². The molecule has 0 bridgehead atoms. The lowest BCUT2D eigenvalue weighted by molar-refractivity contribution is -0.152. The first-order chi connectivity index (χ1) is 13.6. The average molecular weight is 512 g/mol. The van der Waals surface area contributed by atoms with Gasteiger partial charge in [0, 0.05) is 13.7 Å². The largest absolute Gasteiger partial charge is 0.402 e. The molecule has 6 heteroatoms. The second kappa shape index (κ2) is 10.8. The Morgan fingerprint density at radius 2 is 1.57 bits per heavy atom. The van der Waals surface area contributed by atoms with Crippen LogP contribution in [0.25, 0.3) is 0 Å². The fraction of sp³-hybridized carbons (Fsp3) is 0.455. The van der Waals surface area contributed by atoms with Crippen molar-refractivity contribution in [3.8, 4) is 0 Å². The maximum absolute atomic E-state index is 6.78. The second-order valence-corrected chi connectivity index (χ2v) is 11.3. The Labute approximate surface area is 183 Å². The number of ether oxygens (including phenoxy) is 3. The van der Waals surface area contributed by atoms with Crippen molar-refractivity contribution in [3.05, 3.63) is 60.7 Å². The molecule has 4 nitrogen and oxygen atoms in total. The topological polar surface area (TPSA) is 36.9 Å². The van der Waals surface area contributed by atoms with Crippen LogP contribution in [-0.2, 0) is 18.6 Å². The Balaban J connectivity index is 1.77. The first kappa shape index (κ1) is 21.9. The molecule has 0 aliphatic carbocycles. The predicted octanol–water partition coefficient (Wildman–Crippen LogP) is 2.76. The molecule has 28 heavy (non-hydrogen) atoms. The SMILES string of the molecule is COC1O[C@H](COCC(C)C)[C@@H](I)[C@H]1O[SiH](c1ccccc1)c1ccccc1. The third kappa shape index (κ3) is 5.64. The Morgan fingerprint density at radius 3 is 2.07 bits per heavy atom. The summed E-state index contributed by atoms with van der Waals surface area (Å²) in [5, 5.41) is 2.51. The van der Waals surface area contributed by atoms with Crippen LogP contribution in [0.2, 0.25) is 0 Å². The van der Waals surface area contributed by atoms with Gasteiger partial charge in [-0.15, -0.1) is 0 Å². The molecule has 1 aliphatic heterocycles. The van der Waals surface area contributed by atoms with Crippen LogP contribution in [0.5, 0.6) is 0 Å². The minimum Gasteiger partial charge on any atom is -0.402 e. The van der Waals surface area contributed by atoms with E-state index in [0.717, 1.165) is 6.61 Å². The van der Waals surface area contributed by atoms with Gasteiger partial charge in [0.15, 0.2) is 6.29 Å². The van der Waals surface area contributed by atoms with E-state index >= 15 is 0 Å². The highest BCUT2D eigenvalue weighted by Gasteiger charge is 2.45. The van der Waals surface area contributed by atoms with Gasteiger partial charge >= 0.3 is 0 Å². The summed E-state index contributed by atoms with van der Waals surface area (Å²) in [5.41, 5.74) is 0. The van der Waals surface area contributed by atoms with E-state index in [1.807, 2.05) is 12.1 Å². The first-order valence-electron chi connectivity index (χ1n) is 9.75. The van der Waals surface area contributed by atoms with Gasteiger partial charge in [-0.3, -0.25) is 0 Å². The summed E-state index contributed by atoms with van der Waals surface area (Å²) in [7, 11) is -0.187. The van der Waals surface area contributed by atoms with Gasteiger partial charge in [-0.2, -0.15) is 0 Å². The van der Waals surface area contributed by atoms with Crippen molar-refractivity contribution in [2.24, 2.45) is 5.92 Å². The van der Waals surface area contributed by atoms with Gasteiger partial charge in [-0.25, -0.2) is 0 Å². The highest BCUT2D eigenvalue weighted by Crippen LogP contribution is 2.31. The minimum atomic E-state index is -1.87. The van der Waals surface area contributed by atoms with Crippen LogP contribution in [-0.4, -0.2) is 51.8 Å². The number of hydrogen-bond donors (Lipinski definition) is 0. The lowest BCUT2D eigenvalue weighted by Crippen LogP contribution is -2.50. The molecule has 2 aromatic carbocycles. The number of benzene rings is 2. The Bertz CT molecular complexity index is 661. The van der Waals surface area contributed by atoms with Crippen molar-refractivity contribution < 1.29 is 18.6 Å². The van der Waals surface area contributed by atoms with Gasteiger partial charge in [-0.05, 0) is 16.3 Å². The van der Waals surface area contributed by atoms with Crippen LogP contribution in [0.1, 0.15) is 13.8 Å². The van der Waals surface area contributed by atoms with Crippen LogP contribution < -0.4 is 10.4 Å². The molecule has 0 aromatic heterocycles. The summed E-state index contributed by atoms with van der Waals surface area (Å²) in [4.78, 5) is 0. The number of rotatable bonds is 9. The average Bonchev–Trinajstić information content (AvgIpc) is 3.02. The zero-order valence-corrected chi connectivity index (χ0v) is 20.0. The van der Waals surface area contributed by atoms with Crippen molar-refractivity contribution in [1.29, 1.82) is 0 Å². The van der Waals surface area contributed by atoms with Crippen molar-refractivity contribution >= 4 is 42.0 Å². The lowest BCUT2D eigenvalue weighted by Gasteiger charge is -2.26. The van der Waals surface area contributed by atoms with Crippen LogP contribution in [0.15, 0.2) is 60.7 Å². The molecule has 1 unspecified atom stereocenters. The summed E-state index contributed by atoms with van der Waals surface area (Å²) in [6.45, 7) is 5.60. The highest BCUT2D eigenvalue weighted by molar-refractivity contribution is 14.1.